The number of rotatable bonds is 39. The van der Waals surface area contributed by atoms with Crippen LogP contribution in [0.25, 0.3) is 0 Å². The van der Waals surface area contributed by atoms with E-state index in [-0.39, 0.29) is 63.9 Å². The molecule has 81 heavy (non-hydrogen) atoms. The maximum atomic E-state index is 15.3. The second-order valence-corrected chi connectivity index (χ2v) is 23.3. The zero-order valence-corrected chi connectivity index (χ0v) is 49.5. The highest BCUT2D eigenvalue weighted by molar-refractivity contribution is 6.03. The molecule has 1 saturated carbocycles. The van der Waals surface area contributed by atoms with Crippen LogP contribution in [0.4, 0.5) is 9.59 Å². The van der Waals surface area contributed by atoms with Crippen LogP contribution in [-0.2, 0) is 25.6 Å². The number of carbonyl (C=O) groups excluding carboxylic acids is 2. The lowest BCUT2D eigenvalue weighted by molar-refractivity contribution is -0.256. The number of nitrogens with one attached hydrogen (secondary N) is 1. The van der Waals surface area contributed by atoms with E-state index in [1.807, 2.05) is 30.3 Å². The molecular formula is C66H101N3O12. The maximum Gasteiger partial charge on any atom is 0.412 e. The molecule has 3 aliphatic heterocycles. The zero-order chi connectivity index (χ0) is 56.9. The van der Waals surface area contributed by atoms with E-state index < -0.39 is 36.2 Å². The molecule has 0 spiro atoms. The van der Waals surface area contributed by atoms with Gasteiger partial charge in [-0.2, -0.15) is 0 Å². The molecule has 7 atom stereocenters. The van der Waals surface area contributed by atoms with E-state index in [2.05, 4.69) is 31.8 Å². The van der Waals surface area contributed by atoms with Crippen LogP contribution in [0.2, 0.25) is 0 Å². The Labute approximate surface area is 485 Å². The van der Waals surface area contributed by atoms with Gasteiger partial charge in [0.2, 0.25) is 18.9 Å². The van der Waals surface area contributed by atoms with Crippen molar-refractivity contribution in [2.75, 3.05) is 46.4 Å². The minimum atomic E-state index is -1.54. The summed E-state index contributed by atoms with van der Waals surface area (Å²) < 4.78 is 45.0. The lowest BCUT2D eigenvalue weighted by Gasteiger charge is -2.59. The van der Waals surface area contributed by atoms with Crippen LogP contribution in [-0.4, -0.2) is 97.5 Å². The van der Waals surface area contributed by atoms with Crippen LogP contribution in [0.15, 0.2) is 65.9 Å². The van der Waals surface area contributed by atoms with Gasteiger partial charge < -0.3 is 53.5 Å². The Kier molecular flexibility index (Phi) is 27.8. The Hall–Kier alpha value is -4.83. The third kappa shape index (κ3) is 18.8. The van der Waals surface area contributed by atoms with Gasteiger partial charge in [0.1, 0.15) is 17.5 Å². The highest BCUT2D eigenvalue weighted by atomic mass is 16.8. The number of fused-ring (bicyclic) bond motifs is 3. The topological polar surface area (TPSA) is 176 Å². The van der Waals surface area contributed by atoms with Crippen LogP contribution in [0, 0.1) is 17.8 Å². The van der Waals surface area contributed by atoms with Crippen LogP contribution in [0.5, 0.6) is 23.0 Å². The summed E-state index contributed by atoms with van der Waals surface area (Å²) in [5.74, 6) is -0.303. The van der Waals surface area contributed by atoms with Crippen LogP contribution < -0.4 is 24.3 Å². The molecule has 1 unspecified atom stereocenters. The molecule has 5 aliphatic rings. The zero-order valence-electron chi connectivity index (χ0n) is 49.5. The molecule has 3 heterocycles. The van der Waals surface area contributed by atoms with E-state index in [0.29, 0.717) is 61.1 Å². The van der Waals surface area contributed by atoms with Crippen molar-refractivity contribution in [3.05, 3.63) is 71.8 Å². The largest absolute Gasteiger partial charge is 0.459 e. The molecule has 0 bridgehead atoms. The molecule has 0 radical (unpaired) electrons. The van der Waals surface area contributed by atoms with E-state index in [4.69, 9.17) is 43.2 Å². The number of nitrogens with zero attached hydrogens (tertiary/aromatic N) is 2. The molecule has 2 aromatic rings. The Balaban J connectivity index is 1.25. The first-order valence-electron chi connectivity index (χ1n) is 32.0. The SMILES string of the molecule is C=CCO[C@@]12Oc3ccc(OC(=O)NCCCCCCCCCCCC)cc3[C@H]3[C@H](CCCCO)[C@@H](CCCCO)C=C(C(=NOC4CCCCO4)C[C@@H]1N(Cc1ccc4c(c1)OCO4)C(=O)OCCCCCCCCCCCC)[C@H]32. The number of aliphatic hydroxyl groups excluding tert-OH is 2. The Morgan fingerprint density at radius 3 is 2.12 bits per heavy atom. The maximum absolute atomic E-state index is 15.3. The summed E-state index contributed by atoms with van der Waals surface area (Å²) in [5, 5.41) is 28.3. The number of hydrogen-bond donors (Lipinski definition) is 3. The van der Waals surface area contributed by atoms with E-state index >= 15 is 4.79 Å². The number of benzene rings is 2. The minimum absolute atomic E-state index is 0.00641. The highest BCUT2D eigenvalue weighted by Gasteiger charge is 2.66. The Bertz CT molecular complexity index is 2250. The van der Waals surface area contributed by atoms with Crippen LogP contribution >= 0.6 is 0 Å². The molecule has 15 heteroatoms. The summed E-state index contributed by atoms with van der Waals surface area (Å²) in [5.41, 5.74) is 3.21. The second kappa shape index (κ2) is 35.3. The fourth-order valence-electron chi connectivity index (χ4n) is 12.9. The second-order valence-electron chi connectivity index (χ2n) is 23.3. The molecule has 452 valence electrons. The number of hydrogen-bond acceptors (Lipinski definition) is 13. The van der Waals surface area contributed by atoms with Gasteiger partial charge in [0.15, 0.2) is 11.5 Å². The highest BCUT2D eigenvalue weighted by Crippen LogP contribution is 2.62. The number of amides is 2. The van der Waals surface area contributed by atoms with Crippen molar-refractivity contribution < 1.29 is 57.8 Å². The molecule has 2 amide bonds. The average molecular weight is 1130 g/mol. The van der Waals surface area contributed by atoms with Crippen LogP contribution in [0.1, 0.15) is 224 Å². The van der Waals surface area contributed by atoms with Gasteiger partial charge in [0.05, 0.1) is 31.5 Å². The summed E-state index contributed by atoms with van der Waals surface area (Å²) in [6.45, 7) is 10.4. The lowest BCUT2D eigenvalue weighted by Crippen LogP contribution is -2.70. The van der Waals surface area contributed by atoms with Gasteiger partial charge in [0, 0.05) is 50.6 Å². The van der Waals surface area contributed by atoms with Gasteiger partial charge in [-0.15, -0.1) is 6.58 Å². The normalized spacial score (nSPS) is 23.0. The third-order valence-electron chi connectivity index (χ3n) is 17.2. The predicted molar refractivity (Wildman–Crippen MR) is 317 cm³/mol. The molecule has 2 aromatic carbocycles. The molecule has 0 aromatic heterocycles. The predicted octanol–water partition coefficient (Wildman–Crippen LogP) is 15.1. The van der Waals surface area contributed by atoms with Gasteiger partial charge >= 0.3 is 12.2 Å². The third-order valence-corrected chi connectivity index (χ3v) is 17.2. The first-order valence-corrected chi connectivity index (χ1v) is 32.0. The van der Waals surface area contributed by atoms with Crippen molar-refractivity contribution in [2.24, 2.45) is 22.9 Å². The number of ether oxygens (including phenoxy) is 7. The van der Waals surface area contributed by atoms with Gasteiger partial charge in [-0.1, -0.05) is 166 Å². The molecule has 15 nitrogen and oxygen atoms in total. The van der Waals surface area contributed by atoms with E-state index in [1.54, 1.807) is 17.0 Å². The molecule has 2 fully saturated rings. The summed E-state index contributed by atoms with van der Waals surface area (Å²) in [6, 6.07) is 10.5. The first kappa shape index (κ1) is 63.7. The molecule has 1 saturated heterocycles. The van der Waals surface area contributed by atoms with Gasteiger partial charge in [-0.25, -0.2) is 9.59 Å². The Morgan fingerprint density at radius 1 is 0.778 bits per heavy atom. The van der Waals surface area contributed by atoms with Crippen molar-refractivity contribution >= 4 is 17.9 Å². The van der Waals surface area contributed by atoms with Crippen molar-refractivity contribution in [2.45, 2.75) is 237 Å². The van der Waals surface area contributed by atoms with Gasteiger partial charge in [-0.3, -0.25) is 4.90 Å². The fraction of sp³-hybridized carbons (Fsp3) is 0.712. The number of unbranched alkanes of at least 4 members (excludes halogenated alkanes) is 20. The monoisotopic (exact) mass is 1130 g/mol. The molecule has 7 rings (SSSR count). The molecule has 3 N–H and O–H groups in total. The number of aliphatic hydroxyl groups is 2. The molecular weight excluding hydrogens is 1030 g/mol. The minimum Gasteiger partial charge on any atom is -0.459 e. The van der Waals surface area contributed by atoms with Crippen molar-refractivity contribution in [1.82, 2.24) is 10.2 Å². The van der Waals surface area contributed by atoms with Gasteiger partial charge in [0.25, 0.3) is 0 Å². The van der Waals surface area contributed by atoms with Crippen molar-refractivity contribution in [3.8, 4) is 23.0 Å². The fourth-order valence-corrected chi connectivity index (χ4v) is 12.9. The van der Waals surface area contributed by atoms with Crippen LogP contribution in [0.3, 0.4) is 0 Å². The standard InChI is InChI=1S/C66H101N3O12/c1-4-7-9-11-13-15-17-19-21-26-38-67-64(72)79-52-35-37-57-55(46-52)62-53(32-24-28-40-71)51(31-23-27-39-70)45-54-56(68-81-61-33-25-30-42-74-61)47-60(66(80-57,63(54)62)78-41-6-3)69(48-50-34-36-58-59(44-50)77-49-76-58)65(73)75-43-29-22-20-18-16-14-12-10-8-5-2/h6,34-37,44-46,51,53,60-63,70-71H,3-5,7-33,38-43,47-49H2,1-2H3,(H,67,72)/t51-,53+,60-,61?,62+,63+,66+/m0/s1. The van der Waals surface area contributed by atoms with Crippen molar-refractivity contribution in [1.29, 1.82) is 0 Å². The van der Waals surface area contributed by atoms with E-state index in [1.165, 1.54) is 89.9 Å². The Morgan fingerprint density at radius 2 is 1.44 bits per heavy atom. The smallest absolute Gasteiger partial charge is 0.412 e. The van der Waals surface area contributed by atoms with Crippen molar-refractivity contribution in [3.63, 3.8) is 0 Å². The summed E-state index contributed by atoms with van der Waals surface area (Å²) >= 11 is 0. The summed E-state index contributed by atoms with van der Waals surface area (Å²) in [7, 11) is 0. The average Bonchev–Trinajstić information content (AvgIpc) is 1.74. The molecule has 2 aliphatic carbocycles. The number of carbonyl (C=O) groups is 2. The van der Waals surface area contributed by atoms with Gasteiger partial charge in [-0.05, 0) is 105 Å². The van der Waals surface area contributed by atoms with E-state index in [9.17, 15) is 15.0 Å². The first-order chi connectivity index (χ1) is 39.8. The quantitative estimate of drug-likeness (QED) is 0.0329. The number of oxime groups is 1. The lowest BCUT2D eigenvalue weighted by atomic mass is 9.55. The van der Waals surface area contributed by atoms with E-state index in [0.717, 1.165) is 93.7 Å². The summed E-state index contributed by atoms with van der Waals surface area (Å²) in [4.78, 5) is 37.1. The summed E-state index contributed by atoms with van der Waals surface area (Å²) in [6.07, 6.45) is 33.2. The number of allylic oxidation sites excluding steroid dienone is 1.